The largest absolute Gasteiger partial charge is 0.497 e. The zero-order valence-corrected chi connectivity index (χ0v) is 15.1. The highest BCUT2D eigenvalue weighted by Crippen LogP contribution is 2.24. The average molecular weight is 331 g/mol. The first kappa shape index (κ1) is 17.2. The molecule has 2 heteroatoms. The standard InChI is InChI=1S/C23H25NO/c1-17-7-4-5-10-23(17)21-9-6-8-19(15-21)16-24-18(2)20-11-13-22(25-3)14-12-20/h4-15,18,24H,16H2,1-3H3. The lowest BCUT2D eigenvalue weighted by atomic mass is 9.99. The number of hydrogen-bond acceptors (Lipinski definition) is 2. The molecule has 0 aromatic heterocycles. The lowest BCUT2D eigenvalue weighted by Gasteiger charge is -2.15. The van der Waals surface area contributed by atoms with Crippen LogP contribution in [-0.4, -0.2) is 7.11 Å². The van der Waals surface area contributed by atoms with Gasteiger partial charge in [0.05, 0.1) is 7.11 Å². The Morgan fingerprint density at radius 1 is 0.920 bits per heavy atom. The number of aryl methyl sites for hydroxylation is 1. The monoisotopic (exact) mass is 331 g/mol. The molecule has 1 atom stereocenters. The van der Waals surface area contributed by atoms with E-state index >= 15 is 0 Å². The summed E-state index contributed by atoms with van der Waals surface area (Å²) in [5.74, 6) is 0.891. The van der Waals surface area contributed by atoms with Crippen molar-refractivity contribution in [3.05, 3.63) is 89.5 Å². The summed E-state index contributed by atoms with van der Waals surface area (Å²) in [6, 6.07) is 25.8. The highest BCUT2D eigenvalue weighted by atomic mass is 16.5. The second kappa shape index (κ2) is 8.00. The molecule has 0 fully saturated rings. The molecule has 0 saturated heterocycles. The molecule has 0 heterocycles. The van der Waals surface area contributed by atoms with Gasteiger partial charge in [-0.25, -0.2) is 0 Å². The number of nitrogens with one attached hydrogen (secondary N) is 1. The summed E-state index contributed by atoms with van der Waals surface area (Å²) in [4.78, 5) is 0. The fraction of sp³-hybridized carbons (Fsp3) is 0.217. The Hall–Kier alpha value is -2.58. The van der Waals surface area contributed by atoms with Crippen molar-refractivity contribution in [1.82, 2.24) is 5.32 Å². The molecule has 1 N–H and O–H groups in total. The second-order valence-corrected chi connectivity index (χ2v) is 6.39. The molecule has 0 radical (unpaired) electrons. The molecule has 0 spiro atoms. The van der Waals surface area contributed by atoms with E-state index in [0.717, 1.165) is 12.3 Å². The lowest BCUT2D eigenvalue weighted by molar-refractivity contribution is 0.414. The van der Waals surface area contributed by atoms with E-state index in [1.54, 1.807) is 7.11 Å². The molecular weight excluding hydrogens is 306 g/mol. The average Bonchev–Trinajstić information content (AvgIpc) is 2.67. The summed E-state index contributed by atoms with van der Waals surface area (Å²) < 4.78 is 5.22. The summed E-state index contributed by atoms with van der Waals surface area (Å²) in [5.41, 5.74) is 6.43. The zero-order chi connectivity index (χ0) is 17.6. The van der Waals surface area contributed by atoms with Crippen molar-refractivity contribution in [3.63, 3.8) is 0 Å². The van der Waals surface area contributed by atoms with Crippen molar-refractivity contribution in [2.75, 3.05) is 7.11 Å². The Labute approximate surface area is 150 Å². The Balaban J connectivity index is 1.69. The van der Waals surface area contributed by atoms with Crippen LogP contribution < -0.4 is 10.1 Å². The molecule has 0 bridgehead atoms. The number of methoxy groups -OCH3 is 1. The first-order chi connectivity index (χ1) is 12.2. The maximum Gasteiger partial charge on any atom is 0.118 e. The minimum absolute atomic E-state index is 0.285. The Morgan fingerprint density at radius 2 is 1.68 bits per heavy atom. The molecule has 3 aromatic carbocycles. The van der Waals surface area contributed by atoms with Gasteiger partial charge in [-0.3, -0.25) is 0 Å². The summed E-state index contributed by atoms with van der Waals surface area (Å²) in [6.45, 7) is 5.19. The van der Waals surface area contributed by atoms with Crippen LogP contribution in [0.1, 0.15) is 29.7 Å². The quantitative estimate of drug-likeness (QED) is 0.642. The number of hydrogen-bond donors (Lipinski definition) is 1. The van der Waals surface area contributed by atoms with Gasteiger partial charge in [-0.05, 0) is 59.9 Å². The van der Waals surface area contributed by atoms with Gasteiger partial charge in [0.25, 0.3) is 0 Å². The van der Waals surface area contributed by atoms with Crippen molar-refractivity contribution in [2.24, 2.45) is 0 Å². The summed E-state index contributed by atoms with van der Waals surface area (Å²) in [6.07, 6.45) is 0. The highest BCUT2D eigenvalue weighted by molar-refractivity contribution is 5.67. The van der Waals surface area contributed by atoms with E-state index in [2.05, 4.69) is 79.8 Å². The molecule has 2 nitrogen and oxygen atoms in total. The third-order valence-electron chi connectivity index (χ3n) is 4.61. The molecule has 0 aliphatic heterocycles. The van der Waals surface area contributed by atoms with E-state index in [0.29, 0.717) is 0 Å². The second-order valence-electron chi connectivity index (χ2n) is 6.39. The van der Waals surface area contributed by atoms with Crippen LogP contribution >= 0.6 is 0 Å². The van der Waals surface area contributed by atoms with Crippen LogP contribution in [0.4, 0.5) is 0 Å². The van der Waals surface area contributed by atoms with E-state index < -0.39 is 0 Å². The molecule has 1 unspecified atom stereocenters. The summed E-state index contributed by atoms with van der Waals surface area (Å²) in [7, 11) is 1.69. The Kier molecular flexibility index (Phi) is 5.52. The number of benzene rings is 3. The van der Waals surface area contributed by atoms with Gasteiger partial charge >= 0.3 is 0 Å². The molecule has 3 aromatic rings. The van der Waals surface area contributed by atoms with Crippen LogP contribution in [0.25, 0.3) is 11.1 Å². The van der Waals surface area contributed by atoms with Crippen molar-refractivity contribution >= 4 is 0 Å². The maximum absolute atomic E-state index is 5.22. The molecule has 0 saturated carbocycles. The van der Waals surface area contributed by atoms with Crippen molar-refractivity contribution in [3.8, 4) is 16.9 Å². The van der Waals surface area contributed by atoms with Gasteiger partial charge in [0.2, 0.25) is 0 Å². The third-order valence-corrected chi connectivity index (χ3v) is 4.61. The van der Waals surface area contributed by atoms with Crippen LogP contribution in [0.3, 0.4) is 0 Å². The topological polar surface area (TPSA) is 21.3 Å². The Bertz CT molecular complexity index is 824. The van der Waals surface area contributed by atoms with Crippen LogP contribution in [0, 0.1) is 6.92 Å². The zero-order valence-electron chi connectivity index (χ0n) is 15.1. The predicted octanol–water partition coefficient (Wildman–Crippen LogP) is 5.52. The van der Waals surface area contributed by atoms with Crippen LogP contribution in [-0.2, 0) is 6.54 Å². The van der Waals surface area contributed by atoms with Crippen LogP contribution in [0.15, 0.2) is 72.8 Å². The van der Waals surface area contributed by atoms with Gasteiger partial charge < -0.3 is 10.1 Å². The molecule has 3 rings (SSSR count). The third kappa shape index (κ3) is 4.28. The van der Waals surface area contributed by atoms with Gasteiger partial charge in [0, 0.05) is 12.6 Å². The maximum atomic E-state index is 5.22. The minimum Gasteiger partial charge on any atom is -0.497 e. The molecule has 25 heavy (non-hydrogen) atoms. The molecule has 0 aliphatic rings. The normalized spacial score (nSPS) is 12.0. The van der Waals surface area contributed by atoms with E-state index in [-0.39, 0.29) is 6.04 Å². The highest BCUT2D eigenvalue weighted by Gasteiger charge is 2.06. The number of ether oxygens (including phenoxy) is 1. The predicted molar refractivity (Wildman–Crippen MR) is 105 cm³/mol. The minimum atomic E-state index is 0.285. The van der Waals surface area contributed by atoms with E-state index in [1.165, 1.54) is 27.8 Å². The molecule has 0 aliphatic carbocycles. The summed E-state index contributed by atoms with van der Waals surface area (Å²) in [5, 5.41) is 3.61. The van der Waals surface area contributed by atoms with Gasteiger partial charge in [0.1, 0.15) is 5.75 Å². The molecule has 128 valence electrons. The first-order valence-corrected chi connectivity index (χ1v) is 8.69. The van der Waals surface area contributed by atoms with Crippen molar-refractivity contribution < 1.29 is 4.74 Å². The van der Waals surface area contributed by atoms with Gasteiger partial charge in [-0.15, -0.1) is 0 Å². The van der Waals surface area contributed by atoms with Crippen LogP contribution in [0.5, 0.6) is 5.75 Å². The molecule has 0 amide bonds. The Morgan fingerprint density at radius 3 is 2.40 bits per heavy atom. The van der Waals surface area contributed by atoms with E-state index in [9.17, 15) is 0 Å². The summed E-state index contributed by atoms with van der Waals surface area (Å²) >= 11 is 0. The smallest absolute Gasteiger partial charge is 0.118 e. The van der Waals surface area contributed by atoms with Crippen molar-refractivity contribution in [2.45, 2.75) is 26.4 Å². The van der Waals surface area contributed by atoms with E-state index in [1.807, 2.05) is 12.1 Å². The fourth-order valence-electron chi connectivity index (χ4n) is 3.03. The molecular formula is C23H25NO. The van der Waals surface area contributed by atoms with Gasteiger partial charge in [-0.1, -0.05) is 54.6 Å². The first-order valence-electron chi connectivity index (χ1n) is 8.69. The fourth-order valence-corrected chi connectivity index (χ4v) is 3.03. The van der Waals surface area contributed by atoms with Gasteiger partial charge in [-0.2, -0.15) is 0 Å². The lowest BCUT2D eigenvalue weighted by Crippen LogP contribution is -2.18. The number of rotatable bonds is 6. The van der Waals surface area contributed by atoms with E-state index in [4.69, 9.17) is 4.74 Å². The van der Waals surface area contributed by atoms with Crippen molar-refractivity contribution in [1.29, 1.82) is 0 Å². The van der Waals surface area contributed by atoms with Gasteiger partial charge in [0.15, 0.2) is 0 Å². The van der Waals surface area contributed by atoms with Crippen LogP contribution in [0.2, 0.25) is 0 Å². The SMILES string of the molecule is COc1ccc(C(C)NCc2cccc(-c3ccccc3C)c2)cc1.